The van der Waals surface area contributed by atoms with Crippen LogP contribution in [0.25, 0.3) is 11.1 Å². The molecule has 4 aliphatic heterocycles. The fourth-order valence-corrected chi connectivity index (χ4v) is 7.83. The summed E-state index contributed by atoms with van der Waals surface area (Å²) in [6.07, 6.45) is 10.2. The number of carbonyl (C=O) groups excluding carboxylic acids is 2. The number of urea groups is 1. The lowest BCUT2D eigenvalue weighted by Gasteiger charge is -2.42. The summed E-state index contributed by atoms with van der Waals surface area (Å²) in [6.45, 7) is 9.06. The summed E-state index contributed by atoms with van der Waals surface area (Å²) in [5, 5.41) is 9.79. The number of likely N-dealkylation sites (tertiary alicyclic amines) is 1. The molecule has 1 spiro atoms. The van der Waals surface area contributed by atoms with Gasteiger partial charge in [0.25, 0.3) is 5.91 Å². The fourth-order valence-electron chi connectivity index (χ4n) is 7.58. The Bertz CT molecular complexity index is 1880. The monoisotopic (exact) mass is 691 g/mol. The maximum atomic E-state index is 14.6. The Morgan fingerprint density at radius 1 is 0.980 bits per heavy atom. The van der Waals surface area contributed by atoms with E-state index in [9.17, 15) is 14.9 Å². The van der Waals surface area contributed by atoms with Gasteiger partial charge in [-0.2, -0.15) is 5.26 Å². The number of carbonyl (C=O) groups is 2. The summed E-state index contributed by atoms with van der Waals surface area (Å²) in [5.74, 6) is 2.99. The van der Waals surface area contributed by atoms with E-state index < -0.39 is 11.6 Å². The van der Waals surface area contributed by atoms with Crippen LogP contribution in [-0.4, -0.2) is 72.3 Å². The molecule has 10 nitrogen and oxygen atoms in total. The van der Waals surface area contributed by atoms with E-state index >= 15 is 0 Å². The smallest absolute Gasteiger partial charge is 0.332 e. The van der Waals surface area contributed by atoms with Crippen molar-refractivity contribution in [3.8, 4) is 35.3 Å². The first kappa shape index (κ1) is 33.9. The lowest BCUT2D eigenvalue weighted by atomic mass is 9.85. The van der Waals surface area contributed by atoms with Gasteiger partial charge in [-0.3, -0.25) is 9.69 Å². The minimum Gasteiger partial charge on any atom is -0.493 e. The number of hydrogen-bond acceptors (Lipinski definition) is 8. The maximum absolute atomic E-state index is 14.6. The van der Waals surface area contributed by atoms with Crippen LogP contribution in [0.2, 0.25) is 5.02 Å². The third-order valence-electron chi connectivity index (χ3n) is 10.6. The van der Waals surface area contributed by atoms with Crippen molar-refractivity contribution in [2.24, 2.45) is 0 Å². The quantitative estimate of drug-likeness (QED) is 0.154. The zero-order chi connectivity index (χ0) is 35.0. The van der Waals surface area contributed by atoms with Crippen LogP contribution in [0.1, 0.15) is 62.6 Å². The number of anilines is 2. The number of terminal acetylenes is 1. The van der Waals surface area contributed by atoms with Crippen molar-refractivity contribution in [3.05, 3.63) is 76.3 Å². The van der Waals surface area contributed by atoms with Crippen LogP contribution in [0.5, 0.6) is 5.75 Å². The topological polar surface area (TPSA) is 124 Å². The normalized spacial score (nSPS) is 19.6. The highest BCUT2D eigenvalue weighted by Crippen LogP contribution is 2.45. The molecule has 0 atom stereocenters. The molecule has 258 valence electrons. The SMILES string of the molecule is C#Cc1cc(N2C(=O)N(CCC3(C)NN3)C3(CCN(Cc4ccc(N5CCCC5)cc4)CC3)C2=O)c(Cl)cc1-c1cc(C#N)ccc1OCC. The lowest BCUT2D eigenvalue weighted by molar-refractivity contribution is -0.127. The molecule has 7 rings (SSSR count). The summed E-state index contributed by atoms with van der Waals surface area (Å²) >= 11 is 6.95. The second-order valence-corrected chi connectivity index (χ2v) is 14.2. The summed E-state index contributed by atoms with van der Waals surface area (Å²) in [7, 11) is 0. The van der Waals surface area contributed by atoms with Gasteiger partial charge in [-0.1, -0.05) is 29.7 Å². The number of benzene rings is 3. The van der Waals surface area contributed by atoms with E-state index in [1.165, 1.54) is 29.0 Å². The first-order valence-electron chi connectivity index (χ1n) is 17.4. The van der Waals surface area contributed by atoms with E-state index in [0.717, 1.165) is 19.6 Å². The average molecular weight is 692 g/mol. The minimum absolute atomic E-state index is 0.204. The van der Waals surface area contributed by atoms with Gasteiger partial charge in [0, 0.05) is 61.6 Å². The lowest BCUT2D eigenvalue weighted by Crippen LogP contribution is -2.57. The van der Waals surface area contributed by atoms with Gasteiger partial charge in [-0.05, 0) is 94.0 Å². The molecule has 0 bridgehead atoms. The number of ether oxygens (including phenoxy) is 1. The van der Waals surface area contributed by atoms with Crippen molar-refractivity contribution >= 4 is 34.9 Å². The van der Waals surface area contributed by atoms with E-state index in [4.69, 9.17) is 22.8 Å². The van der Waals surface area contributed by atoms with E-state index in [2.05, 4.69) is 56.9 Å². The standard InChI is InChI=1S/C39H42ClN7O3/c1-4-29-23-34(33(40)24-31(29)32-22-28(25-41)10-13-35(32)50-5-2)47-36(48)39(46(37(47)49)21-14-38(3)42-43-38)15-19-44(20-16-39)26-27-8-11-30(12-9-27)45-17-6-7-18-45/h1,8-13,22-24,42-43H,5-7,14-21,26H2,2-3H3. The molecule has 50 heavy (non-hydrogen) atoms. The molecule has 0 aromatic heterocycles. The summed E-state index contributed by atoms with van der Waals surface area (Å²) in [6, 6.07) is 19.0. The molecule has 0 aliphatic carbocycles. The first-order valence-corrected chi connectivity index (χ1v) is 17.8. The second-order valence-electron chi connectivity index (χ2n) is 13.8. The number of hydrazine groups is 1. The molecule has 3 amide bonds. The van der Waals surface area contributed by atoms with Gasteiger partial charge in [0.2, 0.25) is 0 Å². The van der Waals surface area contributed by atoms with Crippen LogP contribution in [0.4, 0.5) is 16.2 Å². The van der Waals surface area contributed by atoms with Crippen LogP contribution < -0.4 is 25.4 Å². The summed E-state index contributed by atoms with van der Waals surface area (Å²) in [5.41, 5.74) is 9.82. The molecule has 3 aromatic rings. The number of nitrogens with zero attached hydrogens (tertiary/aromatic N) is 5. The number of nitriles is 1. The third-order valence-corrected chi connectivity index (χ3v) is 10.9. The highest BCUT2D eigenvalue weighted by molar-refractivity contribution is 6.36. The highest BCUT2D eigenvalue weighted by atomic mass is 35.5. The molecule has 4 fully saturated rings. The predicted molar refractivity (Wildman–Crippen MR) is 195 cm³/mol. The Morgan fingerprint density at radius 3 is 2.34 bits per heavy atom. The van der Waals surface area contributed by atoms with Gasteiger partial charge in [0.15, 0.2) is 0 Å². The Kier molecular flexibility index (Phi) is 9.23. The predicted octanol–water partition coefficient (Wildman–Crippen LogP) is 5.88. The zero-order valence-electron chi connectivity index (χ0n) is 28.6. The number of piperidine rings is 1. The Morgan fingerprint density at radius 2 is 1.70 bits per heavy atom. The minimum atomic E-state index is -1.000. The van der Waals surface area contributed by atoms with Crippen LogP contribution in [0.15, 0.2) is 54.6 Å². The Labute approximate surface area is 298 Å². The van der Waals surface area contributed by atoms with Crippen molar-refractivity contribution < 1.29 is 14.3 Å². The molecule has 0 radical (unpaired) electrons. The van der Waals surface area contributed by atoms with E-state index in [1.54, 1.807) is 35.2 Å². The summed E-state index contributed by atoms with van der Waals surface area (Å²) in [4.78, 5) is 36.8. The second kappa shape index (κ2) is 13.6. The van der Waals surface area contributed by atoms with Crippen molar-refractivity contribution in [2.45, 2.75) is 63.7 Å². The number of amides is 3. The number of imide groups is 1. The molecule has 3 aromatic carbocycles. The molecular formula is C39H42ClN7O3. The largest absolute Gasteiger partial charge is 0.493 e. The Balaban J connectivity index is 1.16. The molecule has 0 saturated carbocycles. The van der Waals surface area contributed by atoms with Crippen LogP contribution in [0, 0.1) is 23.7 Å². The number of nitrogens with one attached hydrogen (secondary N) is 2. The average Bonchev–Trinajstić information content (AvgIpc) is 3.53. The Hall–Kier alpha value is -4.58. The van der Waals surface area contributed by atoms with E-state index in [1.807, 2.05) is 13.8 Å². The molecular weight excluding hydrogens is 650 g/mol. The van der Waals surface area contributed by atoms with Crippen LogP contribution in [0.3, 0.4) is 0 Å². The van der Waals surface area contributed by atoms with Crippen LogP contribution in [-0.2, 0) is 11.3 Å². The van der Waals surface area contributed by atoms with Gasteiger partial charge in [0.1, 0.15) is 11.3 Å². The first-order chi connectivity index (χ1) is 24.2. The van der Waals surface area contributed by atoms with Crippen LogP contribution >= 0.6 is 11.6 Å². The zero-order valence-corrected chi connectivity index (χ0v) is 29.4. The number of halogens is 1. The van der Waals surface area contributed by atoms with E-state index in [0.29, 0.717) is 73.5 Å². The van der Waals surface area contributed by atoms with Gasteiger partial charge in [0.05, 0.1) is 34.6 Å². The van der Waals surface area contributed by atoms with Gasteiger partial charge in [-0.25, -0.2) is 20.5 Å². The summed E-state index contributed by atoms with van der Waals surface area (Å²) < 4.78 is 5.85. The third kappa shape index (κ3) is 6.29. The molecule has 4 aliphatic rings. The van der Waals surface area contributed by atoms with Gasteiger partial charge >= 0.3 is 6.03 Å². The van der Waals surface area contributed by atoms with Gasteiger partial charge in [-0.15, -0.1) is 6.42 Å². The van der Waals surface area contributed by atoms with Crippen molar-refractivity contribution in [2.75, 3.05) is 49.1 Å². The maximum Gasteiger partial charge on any atom is 0.332 e. The molecule has 0 unspecified atom stereocenters. The van der Waals surface area contributed by atoms with E-state index in [-0.39, 0.29) is 22.3 Å². The fraction of sp³-hybridized carbons (Fsp3) is 0.410. The number of hydrogen-bond donors (Lipinski definition) is 2. The van der Waals surface area contributed by atoms with Crippen molar-refractivity contribution in [1.29, 1.82) is 5.26 Å². The molecule has 4 heterocycles. The highest BCUT2D eigenvalue weighted by Gasteiger charge is 2.59. The van der Waals surface area contributed by atoms with Gasteiger partial charge < -0.3 is 14.5 Å². The molecule has 2 N–H and O–H groups in total. The molecule has 11 heteroatoms. The number of rotatable bonds is 10. The van der Waals surface area contributed by atoms with Crippen molar-refractivity contribution in [1.82, 2.24) is 20.7 Å². The molecule has 4 saturated heterocycles. The van der Waals surface area contributed by atoms with Crippen molar-refractivity contribution in [3.63, 3.8) is 0 Å².